The van der Waals surface area contributed by atoms with Crippen LogP contribution in [0.5, 0.6) is 0 Å². The molecular weight excluding hydrogens is 321 g/mol. The third-order valence-electron chi connectivity index (χ3n) is 2.42. The van der Waals surface area contributed by atoms with Gasteiger partial charge in [-0.15, -0.1) is 0 Å². The molecule has 0 aliphatic carbocycles. The maximum atomic E-state index is 13.5. The third-order valence-corrected chi connectivity index (χ3v) is 3.09. The van der Waals surface area contributed by atoms with Crippen LogP contribution in [0, 0.1) is 5.82 Å². The number of hydrogen-bond acceptors (Lipinski definition) is 3. The Morgan fingerprint density at radius 2 is 2.22 bits per heavy atom. The number of benzene rings is 1. The number of halogens is 3. The zero-order chi connectivity index (χ0) is 13.1. The van der Waals surface area contributed by atoms with Crippen LogP contribution in [-0.4, -0.2) is 9.97 Å². The van der Waals surface area contributed by atoms with Crippen LogP contribution < -0.4 is 5.32 Å². The molecule has 0 spiro atoms. The van der Waals surface area contributed by atoms with E-state index >= 15 is 0 Å². The number of aromatic nitrogens is 2. The van der Waals surface area contributed by atoms with Crippen molar-refractivity contribution in [2.24, 2.45) is 0 Å². The zero-order valence-corrected chi connectivity index (χ0v) is 11.8. The quantitative estimate of drug-likeness (QED) is 0.857. The Morgan fingerprint density at radius 1 is 1.44 bits per heavy atom. The van der Waals surface area contributed by atoms with Crippen LogP contribution in [0.3, 0.4) is 0 Å². The summed E-state index contributed by atoms with van der Waals surface area (Å²) in [7, 11) is 0. The fourth-order valence-corrected chi connectivity index (χ4v) is 2.06. The smallest absolute Gasteiger partial charge is 0.224 e. The predicted octanol–water partition coefficient (Wildman–Crippen LogP) is 4.20. The number of anilines is 1. The van der Waals surface area contributed by atoms with Crippen LogP contribution in [-0.2, 0) is 0 Å². The topological polar surface area (TPSA) is 37.8 Å². The van der Waals surface area contributed by atoms with E-state index in [2.05, 4.69) is 31.2 Å². The molecule has 0 saturated carbocycles. The predicted molar refractivity (Wildman–Crippen MR) is 73.2 cm³/mol. The minimum absolute atomic E-state index is 0.0142. The van der Waals surface area contributed by atoms with Crippen LogP contribution in [0.15, 0.2) is 34.9 Å². The van der Waals surface area contributed by atoms with E-state index < -0.39 is 5.82 Å². The molecule has 1 aromatic carbocycles. The summed E-state index contributed by atoms with van der Waals surface area (Å²) in [5, 5.41) is 2.98. The average Bonchev–Trinajstić information content (AvgIpc) is 2.34. The molecule has 0 aliphatic rings. The Labute approximate surface area is 118 Å². The number of nitrogens with one attached hydrogen (secondary N) is 1. The first-order valence-corrected chi connectivity index (χ1v) is 6.43. The second-order valence-corrected chi connectivity index (χ2v) is 5.01. The molecule has 0 bridgehead atoms. The molecule has 6 heteroatoms. The highest BCUT2D eigenvalue weighted by Crippen LogP contribution is 2.22. The lowest BCUT2D eigenvalue weighted by atomic mass is 10.1. The van der Waals surface area contributed by atoms with Gasteiger partial charge in [-0.2, -0.15) is 4.98 Å². The summed E-state index contributed by atoms with van der Waals surface area (Å²) in [6.07, 6.45) is 1.05. The molecule has 18 heavy (non-hydrogen) atoms. The van der Waals surface area contributed by atoms with Gasteiger partial charge in [-0.25, -0.2) is 9.37 Å². The van der Waals surface area contributed by atoms with Crippen LogP contribution >= 0.6 is 27.5 Å². The molecule has 2 rings (SSSR count). The Morgan fingerprint density at radius 3 is 2.94 bits per heavy atom. The first kappa shape index (κ1) is 13.2. The Kier molecular flexibility index (Phi) is 4.14. The second kappa shape index (κ2) is 5.63. The second-order valence-electron chi connectivity index (χ2n) is 3.76. The van der Waals surface area contributed by atoms with Gasteiger partial charge in [-0.3, -0.25) is 0 Å². The number of rotatable bonds is 3. The normalized spacial score (nSPS) is 12.2. The fraction of sp³-hybridized carbons (Fsp3) is 0.167. The highest BCUT2D eigenvalue weighted by molar-refractivity contribution is 9.10. The zero-order valence-electron chi connectivity index (χ0n) is 9.49. The van der Waals surface area contributed by atoms with Crippen molar-refractivity contribution in [3.05, 3.63) is 51.6 Å². The van der Waals surface area contributed by atoms with Crippen molar-refractivity contribution in [3.8, 4) is 0 Å². The average molecular weight is 331 g/mol. The summed E-state index contributed by atoms with van der Waals surface area (Å²) in [6, 6.07) is 7.66. The van der Waals surface area contributed by atoms with Gasteiger partial charge in [0.15, 0.2) is 11.6 Å². The lowest BCUT2D eigenvalue weighted by molar-refractivity contribution is 0.613. The van der Waals surface area contributed by atoms with Crippen molar-refractivity contribution < 1.29 is 4.39 Å². The molecule has 0 radical (unpaired) electrons. The first-order valence-electron chi connectivity index (χ1n) is 5.26. The fourth-order valence-electron chi connectivity index (χ4n) is 1.51. The van der Waals surface area contributed by atoms with E-state index in [4.69, 9.17) is 11.6 Å². The standard InChI is InChI=1S/C12H10BrClFN3/c1-7(8-3-2-4-9(13)5-8)17-11-10(15)6-16-12(14)18-11/h2-7H,1H3,(H,16,17,18). The summed E-state index contributed by atoms with van der Waals surface area (Å²) in [4.78, 5) is 7.38. The molecule has 2 aromatic rings. The Balaban J connectivity index is 2.21. The van der Waals surface area contributed by atoms with E-state index in [-0.39, 0.29) is 17.1 Å². The molecule has 94 valence electrons. The SMILES string of the molecule is CC(Nc1nc(Cl)ncc1F)c1cccc(Br)c1. The van der Waals surface area contributed by atoms with Crippen molar-refractivity contribution in [3.63, 3.8) is 0 Å². The van der Waals surface area contributed by atoms with E-state index in [1.807, 2.05) is 31.2 Å². The van der Waals surface area contributed by atoms with Gasteiger partial charge < -0.3 is 5.32 Å². The maximum absolute atomic E-state index is 13.5. The van der Waals surface area contributed by atoms with Gasteiger partial charge in [0.25, 0.3) is 0 Å². The monoisotopic (exact) mass is 329 g/mol. The van der Waals surface area contributed by atoms with E-state index in [1.54, 1.807) is 0 Å². The maximum Gasteiger partial charge on any atom is 0.224 e. The highest BCUT2D eigenvalue weighted by atomic mass is 79.9. The van der Waals surface area contributed by atoms with Gasteiger partial charge in [-0.1, -0.05) is 28.1 Å². The molecule has 1 unspecified atom stereocenters. The number of hydrogen-bond donors (Lipinski definition) is 1. The Bertz CT molecular complexity index is 565. The van der Waals surface area contributed by atoms with Gasteiger partial charge >= 0.3 is 0 Å². The molecule has 0 fully saturated rings. The van der Waals surface area contributed by atoms with Gasteiger partial charge in [0.2, 0.25) is 5.28 Å². The molecule has 1 aromatic heterocycles. The number of nitrogens with zero attached hydrogens (tertiary/aromatic N) is 2. The summed E-state index contributed by atoms with van der Waals surface area (Å²) in [6.45, 7) is 1.91. The minimum Gasteiger partial charge on any atom is -0.361 e. The molecule has 1 atom stereocenters. The molecule has 0 aliphatic heterocycles. The van der Waals surface area contributed by atoms with Crippen molar-refractivity contribution in [2.45, 2.75) is 13.0 Å². The molecular formula is C12H10BrClFN3. The van der Waals surface area contributed by atoms with Gasteiger partial charge in [-0.05, 0) is 36.2 Å². The highest BCUT2D eigenvalue weighted by Gasteiger charge is 2.11. The van der Waals surface area contributed by atoms with Gasteiger partial charge in [0.05, 0.1) is 12.2 Å². The molecule has 3 nitrogen and oxygen atoms in total. The van der Waals surface area contributed by atoms with Crippen molar-refractivity contribution >= 4 is 33.3 Å². The summed E-state index contributed by atoms with van der Waals surface area (Å²) < 4.78 is 14.4. The molecule has 1 heterocycles. The van der Waals surface area contributed by atoms with E-state index in [9.17, 15) is 4.39 Å². The Hall–Kier alpha value is -1.20. The van der Waals surface area contributed by atoms with Crippen molar-refractivity contribution in [1.82, 2.24) is 9.97 Å². The first-order chi connectivity index (χ1) is 8.56. The van der Waals surface area contributed by atoms with Crippen LogP contribution in [0.25, 0.3) is 0 Å². The van der Waals surface area contributed by atoms with Crippen LogP contribution in [0.2, 0.25) is 5.28 Å². The summed E-state index contributed by atoms with van der Waals surface area (Å²) >= 11 is 9.03. The van der Waals surface area contributed by atoms with Gasteiger partial charge in [0.1, 0.15) is 0 Å². The largest absolute Gasteiger partial charge is 0.361 e. The van der Waals surface area contributed by atoms with Crippen LogP contribution in [0.1, 0.15) is 18.5 Å². The van der Waals surface area contributed by atoms with Gasteiger partial charge in [0, 0.05) is 4.47 Å². The molecule has 0 saturated heterocycles. The third kappa shape index (κ3) is 3.17. The van der Waals surface area contributed by atoms with E-state index in [0.717, 1.165) is 16.2 Å². The lowest BCUT2D eigenvalue weighted by Crippen LogP contribution is -2.10. The summed E-state index contributed by atoms with van der Waals surface area (Å²) in [5.41, 5.74) is 1.01. The van der Waals surface area contributed by atoms with Crippen molar-refractivity contribution in [1.29, 1.82) is 0 Å². The minimum atomic E-state index is -0.527. The van der Waals surface area contributed by atoms with Crippen molar-refractivity contribution in [2.75, 3.05) is 5.32 Å². The summed E-state index contributed by atoms with van der Waals surface area (Å²) in [5.74, 6) is -0.427. The van der Waals surface area contributed by atoms with E-state index in [1.165, 1.54) is 0 Å². The van der Waals surface area contributed by atoms with Crippen LogP contribution in [0.4, 0.5) is 10.2 Å². The van der Waals surface area contributed by atoms with E-state index in [0.29, 0.717) is 0 Å². The lowest BCUT2D eigenvalue weighted by Gasteiger charge is -2.15. The molecule has 1 N–H and O–H groups in total. The molecule has 0 amide bonds.